The van der Waals surface area contributed by atoms with Gasteiger partial charge in [0.05, 0.1) is 6.21 Å². The zero-order chi connectivity index (χ0) is 21.1. The molecule has 0 atom stereocenters. The van der Waals surface area contributed by atoms with E-state index in [0.717, 1.165) is 22.3 Å². The quantitative estimate of drug-likeness (QED) is 0.226. The minimum Gasteiger partial charge on any atom is -0.378 e. The van der Waals surface area contributed by atoms with Gasteiger partial charge in [0.25, 0.3) is 0 Å². The number of hydrogen-bond acceptors (Lipinski definition) is 3. The monoisotopic (exact) mass is 510 g/mol. The first-order chi connectivity index (χ1) is 14.5. The van der Waals surface area contributed by atoms with Crippen molar-refractivity contribution in [2.75, 3.05) is 19.0 Å². The summed E-state index contributed by atoms with van der Waals surface area (Å²) in [6.45, 7) is 0.601. The van der Waals surface area contributed by atoms with Crippen molar-refractivity contribution in [1.29, 1.82) is 0 Å². The summed E-state index contributed by atoms with van der Waals surface area (Å²) < 4.78 is 3.41. The second-order valence-electron chi connectivity index (χ2n) is 7.36. The molecule has 6 heteroatoms. The third-order valence-corrected chi connectivity index (χ3v) is 5.78. The Balaban J connectivity index is 1.44. The van der Waals surface area contributed by atoms with E-state index in [1.807, 2.05) is 49.3 Å². The highest BCUT2D eigenvalue weighted by Crippen LogP contribution is 2.30. The Morgan fingerprint density at radius 2 is 1.77 bits per heavy atom. The summed E-state index contributed by atoms with van der Waals surface area (Å²) in [6.07, 6.45) is 2.02. The van der Waals surface area contributed by atoms with Gasteiger partial charge in [-0.1, -0.05) is 30.3 Å². The highest BCUT2D eigenvalue weighted by Gasteiger charge is 2.11. The standard InChI is InChI=1S/C24H23IN4O/c1-28(2)19-10-7-17(8-11-19)16-26-27-24(30)13-14-29-22-6-4-3-5-20(22)21-15-18(25)9-12-23(21)29/h3-12,15-16H,13-14H2,1-2H3,(H,27,30). The molecular formula is C24H23IN4O. The molecule has 0 saturated carbocycles. The Kier molecular flexibility index (Phi) is 6.03. The molecule has 1 heterocycles. The third-order valence-electron chi connectivity index (χ3n) is 5.11. The number of benzene rings is 3. The van der Waals surface area contributed by atoms with Gasteiger partial charge in [0.15, 0.2) is 0 Å². The summed E-state index contributed by atoms with van der Waals surface area (Å²) in [6, 6.07) is 22.8. The molecule has 4 aromatic rings. The van der Waals surface area contributed by atoms with E-state index in [0.29, 0.717) is 13.0 Å². The van der Waals surface area contributed by atoms with Crippen LogP contribution in [-0.2, 0) is 11.3 Å². The average molecular weight is 510 g/mol. The normalized spacial score (nSPS) is 11.4. The number of aromatic nitrogens is 1. The van der Waals surface area contributed by atoms with E-state index in [4.69, 9.17) is 0 Å². The SMILES string of the molecule is CN(C)c1ccc(C=NNC(=O)CCn2c3ccccc3c3cc(I)ccc32)cc1. The van der Waals surface area contributed by atoms with E-state index in [1.54, 1.807) is 6.21 Å². The van der Waals surface area contributed by atoms with Crippen LogP contribution in [0.4, 0.5) is 5.69 Å². The zero-order valence-electron chi connectivity index (χ0n) is 17.0. The van der Waals surface area contributed by atoms with E-state index in [1.165, 1.54) is 14.3 Å². The van der Waals surface area contributed by atoms with Crippen LogP contribution in [-0.4, -0.2) is 30.8 Å². The fourth-order valence-corrected chi connectivity index (χ4v) is 4.06. The number of hydrazone groups is 1. The predicted octanol–water partition coefficient (Wildman–Crippen LogP) is 5.01. The van der Waals surface area contributed by atoms with E-state index in [-0.39, 0.29) is 5.91 Å². The molecule has 0 bridgehead atoms. The minimum absolute atomic E-state index is 0.104. The molecule has 0 saturated heterocycles. The van der Waals surface area contributed by atoms with Crippen molar-refractivity contribution in [3.63, 3.8) is 0 Å². The number of para-hydroxylation sites is 1. The van der Waals surface area contributed by atoms with Gasteiger partial charge in [-0.3, -0.25) is 4.79 Å². The molecule has 0 radical (unpaired) electrons. The first-order valence-corrected chi connectivity index (χ1v) is 10.9. The van der Waals surface area contributed by atoms with E-state index < -0.39 is 0 Å². The van der Waals surface area contributed by atoms with Crippen molar-refractivity contribution in [2.24, 2.45) is 5.10 Å². The molecule has 1 amide bonds. The molecule has 4 rings (SSSR count). The number of carbonyl (C=O) groups is 1. The van der Waals surface area contributed by atoms with Crippen LogP contribution in [0, 0.1) is 3.57 Å². The van der Waals surface area contributed by atoms with Gasteiger partial charge < -0.3 is 9.47 Å². The topological polar surface area (TPSA) is 49.6 Å². The highest BCUT2D eigenvalue weighted by molar-refractivity contribution is 14.1. The molecule has 1 aromatic heterocycles. The molecular weight excluding hydrogens is 487 g/mol. The lowest BCUT2D eigenvalue weighted by Crippen LogP contribution is -2.19. The maximum absolute atomic E-state index is 12.4. The van der Waals surface area contributed by atoms with Crippen molar-refractivity contribution >= 4 is 62.2 Å². The number of rotatable bonds is 6. The Bertz CT molecular complexity index is 1230. The van der Waals surface area contributed by atoms with Crippen molar-refractivity contribution in [2.45, 2.75) is 13.0 Å². The third kappa shape index (κ3) is 4.33. The van der Waals surface area contributed by atoms with Crippen LogP contribution < -0.4 is 10.3 Å². The summed E-state index contributed by atoms with van der Waals surface area (Å²) in [5.74, 6) is -0.104. The van der Waals surface area contributed by atoms with Gasteiger partial charge in [-0.2, -0.15) is 5.10 Å². The largest absolute Gasteiger partial charge is 0.378 e. The van der Waals surface area contributed by atoms with Gasteiger partial charge in [-0.15, -0.1) is 0 Å². The summed E-state index contributed by atoms with van der Waals surface area (Å²) >= 11 is 2.33. The van der Waals surface area contributed by atoms with Crippen LogP contribution >= 0.6 is 22.6 Å². The molecule has 0 aliphatic rings. The first-order valence-electron chi connectivity index (χ1n) is 9.79. The Labute approximate surface area is 189 Å². The number of carbonyl (C=O) groups excluding carboxylic acids is 1. The second kappa shape index (κ2) is 8.87. The maximum Gasteiger partial charge on any atom is 0.241 e. The second-order valence-corrected chi connectivity index (χ2v) is 8.61. The average Bonchev–Trinajstić information content (AvgIpc) is 3.05. The molecule has 152 valence electrons. The van der Waals surface area contributed by atoms with Crippen LogP contribution in [0.5, 0.6) is 0 Å². The number of anilines is 1. The van der Waals surface area contributed by atoms with Crippen molar-refractivity contribution in [1.82, 2.24) is 9.99 Å². The van der Waals surface area contributed by atoms with Gasteiger partial charge in [-0.25, -0.2) is 5.43 Å². The number of halogens is 1. The van der Waals surface area contributed by atoms with E-state index in [2.05, 4.69) is 74.1 Å². The molecule has 0 aliphatic heterocycles. The Morgan fingerprint density at radius 1 is 1.03 bits per heavy atom. The summed E-state index contributed by atoms with van der Waals surface area (Å²) in [5, 5.41) is 6.54. The number of aryl methyl sites for hydroxylation is 1. The molecule has 30 heavy (non-hydrogen) atoms. The van der Waals surface area contributed by atoms with Gasteiger partial charge in [0.1, 0.15) is 0 Å². The number of hydrogen-bond donors (Lipinski definition) is 1. The van der Waals surface area contributed by atoms with Gasteiger partial charge >= 0.3 is 0 Å². The van der Waals surface area contributed by atoms with Gasteiger partial charge in [0, 0.05) is 58.1 Å². The number of nitrogens with one attached hydrogen (secondary N) is 1. The van der Waals surface area contributed by atoms with Gasteiger partial charge in [-0.05, 0) is 64.6 Å². The van der Waals surface area contributed by atoms with E-state index in [9.17, 15) is 4.79 Å². The van der Waals surface area contributed by atoms with Crippen molar-refractivity contribution in [3.8, 4) is 0 Å². The molecule has 0 unspecified atom stereocenters. The first kappa shape index (κ1) is 20.4. The summed E-state index contributed by atoms with van der Waals surface area (Å²) in [5.41, 5.74) is 7.00. The highest BCUT2D eigenvalue weighted by atomic mass is 127. The molecule has 1 N–H and O–H groups in total. The van der Waals surface area contributed by atoms with Crippen LogP contribution in [0.2, 0.25) is 0 Å². The number of amides is 1. The number of nitrogens with zero attached hydrogens (tertiary/aromatic N) is 3. The van der Waals surface area contributed by atoms with Crippen molar-refractivity contribution in [3.05, 3.63) is 75.9 Å². The van der Waals surface area contributed by atoms with Crippen LogP contribution in [0.25, 0.3) is 21.8 Å². The maximum atomic E-state index is 12.4. The lowest BCUT2D eigenvalue weighted by Gasteiger charge is -2.11. The fraction of sp³-hybridized carbons (Fsp3) is 0.167. The summed E-state index contributed by atoms with van der Waals surface area (Å²) in [7, 11) is 4.00. The fourth-order valence-electron chi connectivity index (χ4n) is 3.57. The van der Waals surface area contributed by atoms with Crippen LogP contribution in [0.1, 0.15) is 12.0 Å². The van der Waals surface area contributed by atoms with Crippen LogP contribution in [0.15, 0.2) is 71.8 Å². The van der Waals surface area contributed by atoms with Crippen molar-refractivity contribution < 1.29 is 4.79 Å². The number of fused-ring (bicyclic) bond motifs is 3. The molecule has 5 nitrogen and oxygen atoms in total. The summed E-state index contributed by atoms with van der Waals surface area (Å²) in [4.78, 5) is 14.4. The van der Waals surface area contributed by atoms with E-state index >= 15 is 0 Å². The molecule has 3 aromatic carbocycles. The smallest absolute Gasteiger partial charge is 0.241 e. The van der Waals surface area contributed by atoms with Crippen LogP contribution in [0.3, 0.4) is 0 Å². The molecule has 0 aliphatic carbocycles. The zero-order valence-corrected chi connectivity index (χ0v) is 19.1. The molecule has 0 spiro atoms. The Morgan fingerprint density at radius 3 is 2.53 bits per heavy atom. The lowest BCUT2D eigenvalue weighted by atomic mass is 10.2. The van der Waals surface area contributed by atoms with Gasteiger partial charge in [0.2, 0.25) is 5.91 Å². The minimum atomic E-state index is -0.104. The lowest BCUT2D eigenvalue weighted by molar-refractivity contribution is -0.121. The predicted molar refractivity (Wildman–Crippen MR) is 133 cm³/mol. The Hall–Kier alpha value is -2.87. The molecule has 0 fully saturated rings.